The summed E-state index contributed by atoms with van der Waals surface area (Å²) >= 11 is 3.24. The summed E-state index contributed by atoms with van der Waals surface area (Å²) in [4.78, 5) is 4.59. The highest BCUT2D eigenvalue weighted by Crippen LogP contribution is 2.27. The summed E-state index contributed by atoms with van der Waals surface area (Å²) in [5, 5.41) is 0. The molecule has 1 rings (SSSR count). The Balaban J connectivity index is 2.81. The Hall–Kier alpha value is -0.320. The average Bonchev–Trinajstić information content (AvgIpc) is 2.36. The van der Waals surface area contributed by atoms with Crippen molar-refractivity contribution in [2.45, 2.75) is 19.3 Å². The molecule has 2 N–H and O–H groups in total. The van der Waals surface area contributed by atoms with Gasteiger partial charge in [-0.1, -0.05) is 13.8 Å². The van der Waals surface area contributed by atoms with E-state index in [0.717, 1.165) is 10.4 Å². The first kappa shape index (κ1) is 9.77. The predicted octanol–water partition coefficient (Wildman–Crippen LogP) is 2.21. The van der Waals surface area contributed by atoms with E-state index in [2.05, 4.69) is 20.8 Å². The van der Waals surface area contributed by atoms with Crippen LogP contribution in [0.5, 0.6) is 0 Å². The molecule has 0 aromatic carbocycles. The van der Waals surface area contributed by atoms with Gasteiger partial charge in [0.2, 0.25) is 0 Å². The molecule has 1 aromatic heterocycles. The van der Waals surface area contributed by atoms with Crippen LogP contribution in [0.2, 0.25) is 0 Å². The SMILES string of the molecule is CC(C)(CON)c1ccc(Br)o1. The predicted molar refractivity (Wildman–Crippen MR) is 49.6 cm³/mol. The van der Waals surface area contributed by atoms with E-state index >= 15 is 0 Å². The lowest BCUT2D eigenvalue weighted by atomic mass is 9.92. The molecule has 0 saturated heterocycles. The monoisotopic (exact) mass is 233 g/mol. The van der Waals surface area contributed by atoms with Crippen LogP contribution in [0.1, 0.15) is 19.6 Å². The summed E-state index contributed by atoms with van der Waals surface area (Å²) in [5.41, 5.74) is -0.180. The Bertz CT molecular complexity index is 257. The van der Waals surface area contributed by atoms with Crippen molar-refractivity contribution in [3.8, 4) is 0 Å². The van der Waals surface area contributed by atoms with Gasteiger partial charge in [-0.3, -0.25) is 0 Å². The van der Waals surface area contributed by atoms with E-state index in [-0.39, 0.29) is 5.41 Å². The average molecular weight is 234 g/mol. The molecule has 4 heteroatoms. The fourth-order valence-electron chi connectivity index (χ4n) is 0.957. The van der Waals surface area contributed by atoms with Crippen molar-refractivity contribution >= 4 is 15.9 Å². The number of rotatable bonds is 3. The van der Waals surface area contributed by atoms with Crippen LogP contribution in [-0.4, -0.2) is 6.61 Å². The minimum atomic E-state index is -0.180. The quantitative estimate of drug-likeness (QED) is 0.815. The van der Waals surface area contributed by atoms with Crippen LogP contribution in [0.3, 0.4) is 0 Å². The molecule has 0 aliphatic rings. The Kier molecular flexibility index (Phi) is 2.93. The number of hydrogen-bond donors (Lipinski definition) is 1. The molecule has 0 amide bonds. The highest BCUT2D eigenvalue weighted by molar-refractivity contribution is 9.10. The van der Waals surface area contributed by atoms with Crippen LogP contribution in [-0.2, 0) is 10.3 Å². The topological polar surface area (TPSA) is 48.4 Å². The second-order valence-corrected chi connectivity index (χ2v) is 4.08. The molecule has 1 aromatic rings. The van der Waals surface area contributed by atoms with E-state index in [1.165, 1.54) is 0 Å². The standard InChI is InChI=1S/C8H12BrNO2/c1-8(2,5-11-10)6-3-4-7(9)12-6/h3-4H,5,10H2,1-2H3. The maximum absolute atomic E-state index is 5.38. The van der Waals surface area contributed by atoms with Crippen molar-refractivity contribution in [2.75, 3.05) is 6.61 Å². The van der Waals surface area contributed by atoms with Crippen molar-refractivity contribution in [2.24, 2.45) is 5.90 Å². The number of hydrogen-bond acceptors (Lipinski definition) is 3. The number of nitrogens with two attached hydrogens (primary N) is 1. The molecule has 0 spiro atoms. The van der Waals surface area contributed by atoms with E-state index < -0.39 is 0 Å². The van der Waals surface area contributed by atoms with E-state index in [0.29, 0.717) is 6.61 Å². The molecule has 3 nitrogen and oxygen atoms in total. The van der Waals surface area contributed by atoms with E-state index in [1.54, 1.807) is 0 Å². The molecule has 0 aliphatic heterocycles. The van der Waals surface area contributed by atoms with E-state index in [9.17, 15) is 0 Å². The molecule has 1 heterocycles. The molecule has 68 valence electrons. The molecule has 0 radical (unpaired) electrons. The minimum absolute atomic E-state index is 0.180. The summed E-state index contributed by atoms with van der Waals surface area (Å²) in [6.07, 6.45) is 0. The normalized spacial score (nSPS) is 12.0. The summed E-state index contributed by atoms with van der Waals surface area (Å²) < 4.78 is 6.11. The van der Waals surface area contributed by atoms with Crippen molar-refractivity contribution in [1.82, 2.24) is 0 Å². The van der Waals surface area contributed by atoms with Crippen molar-refractivity contribution in [1.29, 1.82) is 0 Å². The van der Waals surface area contributed by atoms with Crippen LogP contribution < -0.4 is 5.90 Å². The first-order valence-corrected chi connectivity index (χ1v) is 4.43. The van der Waals surface area contributed by atoms with Crippen LogP contribution in [0.15, 0.2) is 21.2 Å². The van der Waals surface area contributed by atoms with Crippen molar-refractivity contribution < 1.29 is 9.25 Å². The van der Waals surface area contributed by atoms with Gasteiger partial charge >= 0.3 is 0 Å². The van der Waals surface area contributed by atoms with Gasteiger partial charge in [-0.05, 0) is 28.1 Å². The number of halogens is 1. The fraction of sp³-hybridized carbons (Fsp3) is 0.500. The van der Waals surface area contributed by atoms with Gasteiger partial charge in [0, 0.05) is 5.41 Å². The van der Waals surface area contributed by atoms with Crippen LogP contribution in [0, 0.1) is 0 Å². The molecule has 0 saturated carbocycles. The van der Waals surface area contributed by atoms with Gasteiger partial charge in [0.15, 0.2) is 4.67 Å². The smallest absolute Gasteiger partial charge is 0.169 e. The first-order valence-electron chi connectivity index (χ1n) is 3.64. The maximum atomic E-state index is 5.38. The molecule has 0 bridgehead atoms. The molecule has 0 fully saturated rings. The van der Waals surface area contributed by atoms with E-state index in [1.807, 2.05) is 26.0 Å². The zero-order valence-electron chi connectivity index (χ0n) is 7.13. The summed E-state index contributed by atoms with van der Waals surface area (Å²) in [5.74, 6) is 5.87. The Morgan fingerprint density at radius 1 is 1.58 bits per heavy atom. The third-order valence-electron chi connectivity index (χ3n) is 1.68. The molecular formula is C8H12BrNO2. The van der Waals surface area contributed by atoms with Gasteiger partial charge in [0.25, 0.3) is 0 Å². The maximum Gasteiger partial charge on any atom is 0.169 e. The highest BCUT2D eigenvalue weighted by atomic mass is 79.9. The van der Waals surface area contributed by atoms with Crippen molar-refractivity contribution in [3.63, 3.8) is 0 Å². The van der Waals surface area contributed by atoms with Crippen LogP contribution >= 0.6 is 15.9 Å². The molecule has 12 heavy (non-hydrogen) atoms. The Labute approximate surface area is 80.0 Å². The molecule has 0 unspecified atom stereocenters. The zero-order chi connectivity index (χ0) is 9.19. The van der Waals surface area contributed by atoms with Crippen LogP contribution in [0.25, 0.3) is 0 Å². The molecular weight excluding hydrogens is 222 g/mol. The molecule has 0 atom stereocenters. The third kappa shape index (κ3) is 2.09. The lowest BCUT2D eigenvalue weighted by molar-refractivity contribution is 0.0875. The van der Waals surface area contributed by atoms with Crippen molar-refractivity contribution in [3.05, 3.63) is 22.6 Å². The van der Waals surface area contributed by atoms with E-state index in [4.69, 9.17) is 10.3 Å². The largest absolute Gasteiger partial charge is 0.454 e. The summed E-state index contributed by atoms with van der Waals surface area (Å²) in [6, 6.07) is 3.76. The van der Waals surface area contributed by atoms with Gasteiger partial charge in [-0.2, -0.15) is 0 Å². The number of furan rings is 1. The van der Waals surface area contributed by atoms with Gasteiger partial charge in [0.1, 0.15) is 5.76 Å². The van der Waals surface area contributed by atoms with Gasteiger partial charge in [-0.25, -0.2) is 5.90 Å². The summed E-state index contributed by atoms with van der Waals surface area (Å²) in [6.45, 7) is 4.45. The Morgan fingerprint density at radius 3 is 2.67 bits per heavy atom. The third-order valence-corrected chi connectivity index (χ3v) is 2.11. The second kappa shape index (κ2) is 3.60. The first-order chi connectivity index (χ1) is 5.56. The lowest BCUT2D eigenvalue weighted by Gasteiger charge is -2.19. The van der Waals surface area contributed by atoms with Gasteiger partial charge in [-0.15, -0.1) is 0 Å². The minimum Gasteiger partial charge on any atom is -0.454 e. The fourth-order valence-corrected chi connectivity index (χ4v) is 1.26. The highest BCUT2D eigenvalue weighted by Gasteiger charge is 2.24. The summed E-state index contributed by atoms with van der Waals surface area (Å²) in [7, 11) is 0. The van der Waals surface area contributed by atoms with Gasteiger partial charge in [0.05, 0.1) is 6.61 Å². The zero-order valence-corrected chi connectivity index (χ0v) is 8.72. The van der Waals surface area contributed by atoms with Crippen LogP contribution in [0.4, 0.5) is 0 Å². The lowest BCUT2D eigenvalue weighted by Crippen LogP contribution is -2.25. The second-order valence-electron chi connectivity index (χ2n) is 3.30. The Morgan fingerprint density at radius 2 is 2.25 bits per heavy atom. The molecule has 0 aliphatic carbocycles. The van der Waals surface area contributed by atoms with Gasteiger partial charge < -0.3 is 9.25 Å².